The normalized spacial score (nSPS) is 23.0. The topological polar surface area (TPSA) is 47.4 Å². The summed E-state index contributed by atoms with van der Waals surface area (Å²) in [6.07, 6.45) is 1.43. The maximum Gasteiger partial charge on any atom is 0.219 e. The molecule has 0 saturated heterocycles. The first-order valence-corrected chi connectivity index (χ1v) is 4.27. The quantitative estimate of drug-likeness (QED) is 0.599. The van der Waals surface area contributed by atoms with Crippen molar-refractivity contribution in [2.24, 2.45) is 4.40 Å². The molecule has 0 amide bonds. The molecule has 1 unspecified atom stereocenters. The Bertz CT molecular complexity index is 227. The van der Waals surface area contributed by atoms with Crippen LogP contribution >= 0.6 is 23.3 Å². The molecule has 2 heterocycles. The molecule has 10 heavy (non-hydrogen) atoms. The summed E-state index contributed by atoms with van der Waals surface area (Å²) in [6, 6.07) is 0. The first kappa shape index (κ1) is 6.11. The van der Waals surface area contributed by atoms with Gasteiger partial charge in [-0.25, -0.2) is 0 Å². The minimum absolute atomic E-state index is 0.0625. The Kier molecular flexibility index (Phi) is 1.56. The summed E-state index contributed by atoms with van der Waals surface area (Å²) in [7, 11) is 0. The fraction of sp³-hybridized carbons (Fsp3) is 0.250. The lowest BCUT2D eigenvalue weighted by atomic mass is 10.7. The summed E-state index contributed by atoms with van der Waals surface area (Å²) in [5.41, 5.74) is 1.62. The largest absolute Gasteiger partial charge is 0.459 e. The molecule has 0 aromatic carbocycles. The van der Waals surface area contributed by atoms with E-state index in [1.165, 1.54) is 29.7 Å². The lowest BCUT2D eigenvalue weighted by Gasteiger charge is -1.99. The van der Waals surface area contributed by atoms with E-state index in [9.17, 15) is 0 Å². The Morgan fingerprint density at radius 3 is 3.20 bits per heavy atom. The molecule has 0 aliphatic carbocycles. The molecule has 0 radical (unpaired) electrons. The number of hydrogen-bond acceptors (Lipinski definition) is 6. The minimum atomic E-state index is -0.0625. The van der Waals surface area contributed by atoms with Crippen molar-refractivity contribution in [1.82, 2.24) is 10.2 Å². The maximum absolute atomic E-state index is 5.08. The van der Waals surface area contributed by atoms with Gasteiger partial charge in [0.2, 0.25) is 5.44 Å². The molecule has 4 nitrogen and oxygen atoms in total. The van der Waals surface area contributed by atoms with Crippen molar-refractivity contribution in [3.63, 3.8) is 0 Å². The van der Waals surface area contributed by atoms with E-state index in [-0.39, 0.29) is 5.44 Å². The summed E-state index contributed by atoms with van der Waals surface area (Å²) in [5, 5.41) is 8.39. The minimum Gasteiger partial charge on any atom is -0.459 e. The lowest BCUT2D eigenvalue weighted by molar-refractivity contribution is 0.304. The van der Waals surface area contributed by atoms with Gasteiger partial charge in [0, 0.05) is 11.9 Å². The van der Waals surface area contributed by atoms with Gasteiger partial charge in [0.1, 0.15) is 5.51 Å². The van der Waals surface area contributed by atoms with E-state index in [0.29, 0.717) is 0 Å². The summed E-state index contributed by atoms with van der Waals surface area (Å²) in [5.74, 6) is 0. The second kappa shape index (κ2) is 2.55. The van der Waals surface area contributed by atoms with Crippen LogP contribution in [0.5, 0.6) is 0 Å². The molecule has 6 heteroatoms. The van der Waals surface area contributed by atoms with Crippen LogP contribution in [0.3, 0.4) is 0 Å². The molecule has 0 saturated carbocycles. The third kappa shape index (κ3) is 0.994. The predicted molar refractivity (Wildman–Crippen MR) is 39.8 cm³/mol. The van der Waals surface area contributed by atoms with Crippen LogP contribution in [0.4, 0.5) is 0 Å². The first-order valence-electron chi connectivity index (χ1n) is 2.56. The smallest absolute Gasteiger partial charge is 0.219 e. The van der Waals surface area contributed by atoms with E-state index in [4.69, 9.17) is 4.74 Å². The van der Waals surface area contributed by atoms with E-state index >= 15 is 0 Å². The van der Waals surface area contributed by atoms with Crippen LogP contribution in [0.2, 0.25) is 0 Å². The molecular formula is C4H3N3OS2. The fourth-order valence-corrected chi connectivity index (χ4v) is 1.78. The molecule has 52 valence electrons. The Balaban J connectivity index is 2.14. The second-order valence-electron chi connectivity index (χ2n) is 1.56. The van der Waals surface area contributed by atoms with Gasteiger partial charge in [0.05, 0.1) is 0 Å². The number of aromatic nitrogens is 2. The van der Waals surface area contributed by atoms with Gasteiger partial charge >= 0.3 is 0 Å². The molecule has 2 rings (SSSR count). The molecule has 1 aliphatic rings. The van der Waals surface area contributed by atoms with Gasteiger partial charge in [-0.1, -0.05) is 0 Å². The monoisotopic (exact) mass is 173 g/mol. The van der Waals surface area contributed by atoms with Gasteiger partial charge in [0.15, 0.2) is 11.4 Å². The number of rotatable bonds is 1. The average Bonchev–Trinajstić information content (AvgIpc) is 2.59. The Labute approximate surface area is 65.5 Å². The van der Waals surface area contributed by atoms with Gasteiger partial charge in [-0.2, -0.15) is 4.40 Å². The van der Waals surface area contributed by atoms with Crippen LogP contribution in [0, 0.1) is 0 Å². The van der Waals surface area contributed by atoms with Crippen LogP contribution < -0.4 is 0 Å². The van der Waals surface area contributed by atoms with Crippen molar-refractivity contribution in [2.45, 2.75) is 5.44 Å². The third-order valence-electron chi connectivity index (χ3n) is 0.963. The van der Waals surface area contributed by atoms with Crippen molar-refractivity contribution >= 4 is 29.7 Å². The molecule has 0 spiro atoms. The van der Waals surface area contributed by atoms with E-state index in [1.807, 2.05) is 0 Å². The highest BCUT2D eigenvalue weighted by Gasteiger charge is 2.19. The molecule has 1 aliphatic heterocycles. The Morgan fingerprint density at radius 1 is 1.60 bits per heavy atom. The highest BCUT2D eigenvalue weighted by molar-refractivity contribution is 7.98. The van der Waals surface area contributed by atoms with Gasteiger partial charge < -0.3 is 4.74 Å². The van der Waals surface area contributed by atoms with E-state index < -0.39 is 0 Å². The van der Waals surface area contributed by atoms with Crippen LogP contribution in [-0.4, -0.2) is 16.6 Å². The summed E-state index contributed by atoms with van der Waals surface area (Å²) in [4.78, 5) is 0. The van der Waals surface area contributed by atoms with Crippen LogP contribution in [0.25, 0.3) is 0 Å². The zero-order chi connectivity index (χ0) is 6.81. The average molecular weight is 173 g/mol. The standard InChI is InChI=1S/C4H3N3OS2/c1-6-10-4(8-1)3-7-5-2-9-3/h1-2,4H. The Morgan fingerprint density at radius 2 is 2.60 bits per heavy atom. The van der Waals surface area contributed by atoms with Crippen molar-refractivity contribution in [3.05, 3.63) is 10.5 Å². The molecule has 1 aromatic heterocycles. The number of ether oxygens (including phenoxy) is 1. The van der Waals surface area contributed by atoms with Crippen LogP contribution in [0.1, 0.15) is 10.4 Å². The van der Waals surface area contributed by atoms with Crippen molar-refractivity contribution in [2.75, 3.05) is 0 Å². The summed E-state index contributed by atoms with van der Waals surface area (Å²) < 4.78 is 8.91. The summed E-state index contributed by atoms with van der Waals surface area (Å²) in [6.45, 7) is 0. The van der Waals surface area contributed by atoms with Gasteiger partial charge in [-0.3, -0.25) is 0 Å². The van der Waals surface area contributed by atoms with Crippen LogP contribution in [0.15, 0.2) is 9.91 Å². The predicted octanol–water partition coefficient (Wildman–Crippen LogP) is 1.24. The molecule has 1 aromatic rings. The second-order valence-corrected chi connectivity index (χ2v) is 3.28. The molecule has 0 fully saturated rings. The highest BCUT2D eigenvalue weighted by Crippen LogP contribution is 2.34. The SMILES string of the molecule is C1=NSC(c2nncs2)O1. The zero-order valence-corrected chi connectivity index (χ0v) is 6.43. The van der Waals surface area contributed by atoms with Crippen molar-refractivity contribution < 1.29 is 4.74 Å². The van der Waals surface area contributed by atoms with E-state index in [2.05, 4.69) is 14.6 Å². The Hall–Kier alpha value is -0.620. The maximum atomic E-state index is 5.08. The zero-order valence-electron chi connectivity index (χ0n) is 4.80. The number of hydrogen-bond donors (Lipinski definition) is 0. The first-order chi connectivity index (χ1) is 4.97. The van der Waals surface area contributed by atoms with Crippen LogP contribution in [-0.2, 0) is 4.74 Å². The van der Waals surface area contributed by atoms with Gasteiger partial charge in [-0.15, -0.1) is 21.5 Å². The van der Waals surface area contributed by atoms with E-state index in [1.54, 1.807) is 5.51 Å². The van der Waals surface area contributed by atoms with Crippen molar-refractivity contribution in [1.29, 1.82) is 0 Å². The summed E-state index contributed by atoms with van der Waals surface area (Å²) >= 11 is 2.83. The third-order valence-corrected chi connectivity index (χ3v) is 2.58. The van der Waals surface area contributed by atoms with Gasteiger partial charge in [0.25, 0.3) is 0 Å². The van der Waals surface area contributed by atoms with Crippen molar-refractivity contribution in [3.8, 4) is 0 Å². The molecule has 1 atom stereocenters. The fourth-order valence-electron chi connectivity index (χ4n) is 0.573. The van der Waals surface area contributed by atoms with E-state index in [0.717, 1.165) is 5.01 Å². The molecular weight excluding hydrogens is 170 g/mol. The lowest BCUT2D eigenvalue weighted by Crippen LogP contribution is -1.91. The highest BCUT2D eigenvalue weighted by atomic mass is 32.2. The number of nitrogens with zero attached hydrogens (tertiary/aromatic N) is 3. The molecule has 0 N–H and O–H groups in total. The molecule has 0 bridgehead atoms. The van der Waals surface area contributed by atoms with Gasteiger partial charge in [-0.05, 0) is 0 Å².